The zero-order valence-electron chi connectivity index (χ0n) is 11.3. The van der Waals surface area contributed by atoms with Gasteiger partial charge in [-0.25, -0.2) is 0 Å². The van der Waals surface area contributed by atoms with Crippen LogP contribution in [0, 0.1) is 0 Å². The largest absolute Gasteiger partial charge is 0.471 e. The summed E-state index contributed by atoms with van der Waals surface area (Å²) in [7, 11) is 0. The molecule has 0 saturated heterocycles. The third-order valence-electron chi connectivity index (χ3n) is 3.12. The molecule has 3 rings (SSSR count). The van der Waals surface area contributed by atoms with Crippen LogP contribution in [-0.4, -0.2) is 15.0 Å². The summed E-state index contributed by atoms with van der Waals surface area (Å²) in [4.78, 5) is 12.2. The highest BCUT2D eigenvalue weighted by Crippen LogP contribution is 2.13. The molecule has 0 bridgehead atoms. The van der Waals surface area contributed by atoms with E-state index in [1.54, 1.807) is 24.3 Å². The van der Waals surface area contributed by atoms with Crippen LogP contribution in [-0.2, 0) is 13.3 Å². The summed E-state index contributed by atoms with van der Waals surface area (Å²) in [6.07, 6.45) is 0. The Morgan fingerprint density at radius 2 is 2.00 bits per heavy atom. The zero-order valence-corrected chi connectivity index (χ0v) is 11.3. The Hall–Kier alpha value is -2.73. The van der Waals surface area contributed by atoms with Crippen molar-refractivity contribution in [2.75, 3.05) is 0 Å². The monoisotopic (exact) mass is 282 g/mol. The Morgan fingerprint density at radius 3 is 2.86 bits per heavy atom. The van der Waals surface area contributed by atoms with E-state index in [1.165, 1.54) is 4.68 Å². The molecule has 106 valence electrons. The van der Waals surface area contributed by atoms with Crippen molar-refractivity contribution in [2.24, 2.45) is 5.73 Å². The normalized spacial score (nSPS) is 10.7. The van der Waals surface area contributed by atoms with E-state index in [9.17, 15) is 4.79 Å². The lowest BCUT2D eigenvalue weighted by Gasteiger charge is -2.08. The number of rotatable bonds is 4. The first-order chi connectivity index (χ1) is 10.3. The van der Waals surface area contributed by atoms with E-state index < -0.39 is 0 Å². The van der Waals surface area contributed by atoms with Gasteiger partial charge in [-0.2, -0.15) is 4.68 Å². The molecule has 1 aromatic heterocycles. The van der Waals surface area contributed by atoms with Gasteiger partial charge in [-0.3, -0.25) is 4.79 Å². The van der Waals surface area contributed by atoms with Crippen LogP contribution >= 0.6 is 0 Å². The molecule has 0 spiro atoms. The van der Waals surface area contributed by atoms with Crippen molar-refractivity contribution in [1.82, 2.24) is 15.0 Å². The highest BCUT2D eigenvalue weighted by atomic mass is 16.5. The summed E-state index contributed by atoms with van der Waals surface area (Å²) >= 11 is 0. The van der Waals surface area contributed by atoms with Crippen molar-refractivity contribution in [2.45, 2.75) is 13.3 Å². The molecule has 21 heavy (non-hydrogen) atoms. The molecule has 0 atom stereocenters. The first kappa shape index (κ1) is 13.3. The van der Waals surface area contributed by atoms with Gasteiger partial charge in [0.2, 0.25) is 0 Å². The van der Waals surface area contributed by atoms with Crippen LogP contribution in [0.3, 0.4) is 0 Å². The van der Waals surface area contributed by atoms with Crippen molar-refractivity contribution < 1.29 is 4.74 Å². The summed E-state index contributed by atoms with van der Waals surface area (Å²) < 4.78 is 6.76. The number of fused-ring (bicyclic) bond motifs is 1. The lowest BCUT2D eigenvalue weighted by atomic mass is 10.2. The Labute approximate surface area is 120 Å². The molecule has 6 heteroatoms. The van der Waals surface area contributed by atoms with E-state index in [4.69, 9.17) is 10.5 Å². The Bertz CT molecular complexity index is 829. The van der Waals surface area contributed by atoms with Crippen LogP contribution in [0.5, 0.6) is 5.75 Å². The molecule has 0 fully saturated rings. The fourth-order valence-electron chi connectivity index (χ4n) is 2.01. The fourth-order valence-corrected chi connectivity index (χ4v) is 2.01. The predicted octanol–water partition coefficient (Wildman–Crippen LogP) is 1.29. The number of aromatic nitrogens is 3. The van der Waals surface area contributed by atoms with Gasteiger partial charge < -0.3 is 10.5 Å². The molecule has 0 saturated carbocycles. The van der Waals surface area contributed by atoms with E-state index >= 15 is 0 Å². The fraction of sp³-hybridized carbons (Fsp3) is 0.133. The average Bonchev–Trinajstić information content (AvgIpc) is 2.55. The van der Waals surface area contributed by atoms with E-state index in [1.807, 2.05) is 24.3 Å². The minimum atomic E-state index is -0.226. The second kappa shape index (κ2) is 5.72. The lowest BCUT2D eigenvalue weighted by molar-refractivity contribution is 0.210. The van der Waals surface area contributed by atoms with E-state index in [0.29, 0.717) is 23.2 Å². The van der Waals surface area contributed by atoms with E-state index in [0.717, 1.165) is 5.56 Å². The summed E-state index contributed by atoms with van der Waals surface area (Å²) in [5, 5.41) is 8.39. The SMILES string of the molecule is NCc1cccc(OCn2nnc3ccccc3c2=O)c1. The number of nitrogens with two attached hydrogens (primary N) is 1. The van der Waals surface area contributed by atoms with Gasteiger partial charge in [0, 0.05) is 6.54 Å². The number of benzene rings is 2. The Morgan fingerprint density at radius 1 is 1.14 bits per heavy atom. The number of hydrogen-bond acceptors (Lipinski definition) is 5. The van der Waals surface area contributed by atoms with E-state index in [2.05, 4.69) is 10.3 Å². The Kier molecular flexibility index (Phi) is 3.61. The maximum Gasteiger partial charge on any atom is 0.280 e. The second-order valence-electron chi connectivity index (χ2n) is 4.54. The molecule has 3 aromatic rings. The summed E-state index contributed by atoms with van der Waals surface area (Å²) in [5.41, 5.74) is 6.89. The topological polar surface area (TPSA) is 83.0 Å². The lowest BCUT2D eigenvalue weighted by Crippen LogP contribution is -2.26. The summed E-state index contributed by atoms with van der Waals surface area (Å²) in [6, 6.07) is 14.5. The van der Waals surface area contributed by atoms with Crippen LogP contribution in [0.25, 0.3) is 10.9 Å². The van der Waals surface area contributed by atoms with Gasteiger partial charge in [0.15, 0.2) is 6.73 Å². The number of ether oxygens (including phenoxy) is 1. The maximum atomic E-state index is 12.2. The average molecular weight is 282 g/mol. The number of hydrogen-bond donors (Lipinski definition) is 1. The Balaban J connectivity index is 1.85. The molecule has 0 radical (unpaired) electrons. The molecule has 0 aliphatic heterocycles. The van der Waals surface area contributed by atoms with Gasteiger partial charge in [-0.05, 0) is 29.8 Å². The quantitative estimate of drug-likeness (QED) is 0.779. The van der Waals surface area contributed by atoms with Crippen molar-refractivity contribution in [3.05, 3.63) is 64.4 Å². The molecular formula is C15H14N4O2. The first-order valence-electron chi connectivity index (χ1n) is 6.52. The third kappa shape index (κ3) is 2.75. The van der Waals surface area contributed by atoms with Crippen LogP contribution in [0.2, 0.25) is 0 Å². The third-order valence-corrected chi connectivity index (χ3v) is 3.12. The second-order valence-corrected chi connectivity index (χ2v) is 4.54. The van der Waals surface area contributed by atoms with Gasteiger partial charge in [-0.15, -0.1) is 5.10 Å². The van der Waals surface area contributed by atoms with Crippen molar-refractivity contribution in [3.63, 3.8) is 0 Å². The van der Waals surface area contributed by atoms with Gasteiger partial charge in [0.25, 0.3) is 5.56 Å². The van der Waals surface area contributed by atoms with E-state index in [-0.39, 0.29) is 12.3 Å². The van der Waals surface area contributed by atoms with Gasteiger partial charge in [0.05, 0.1) is 5.39 Å². The highest BCUT2D eigenvalue weighted by Gasteiger charge is 2.05. The minimum Gasteiger partial charge on any atom is -0.471 e. The number of nitrogens with zero attached hydrogens (tertiary/aromatic N) is 3. The predicted molar refractivity (Wildman–Crippen MR) is 78.8 cm³/mol. The molecule has 0 aliphatic carbocycles. The molecular weight excluding hydrogens is 268 g/mol. The smallest absolute Gasteiger partial charge is 0.280 e. The minimum absolute atomic E-state index is 0.00466. The standard InChI is InChI=1S/C15H14N4O2/c16-9-11-4-3-5-12(8-11)21-10-19-15(20)13-6-1-2-7-14(13)17-18-19/h1-8H,9-10,16H2. The zero-order chi connectivity index (χ0) is 14.7. The van der Waals surface area contributed by atoms with Gasteiger partial charge >= 0.3 is 0 Å². The van der Waals surface area contributed by atoms with Crippen molar-refractivity contribution in [1.29, 1.82) is 0 Å². The summed E-state index contributed by atoms with van der Waals surface area (Å²) in [6.45, 7) is 0.442. The van der Waals surface area contributed by atoms with Crippen LogP contribution in [0.15, 0.2) is 53.3 Å². The van der Waals surface area contributed by atoms with Crippen molar-refractivity contribution in [3.8, 4) is 5.75 Å². The van der Waals surface area contributed by atoms with Crippen LogP contribution < -0.4 is 16.0 Å². The highest BCUT2D eigenvalue weighted by molar-refractivity contribution is 5.76. The van der Waals surface area contributed by atoms with Gasteiger partial charge in [0.1, 0.15) is 11.3 Å². The van der Waals surface area contributed by atoms with Crippen molar-refractivity contribution >= 4 is 10.9 Å². The molecule has 0 aliphatic rings. The van der Waals surface area contributed by atoms with Crippen LogP contribution in [0.1, 0.15) is 5.56 Å². The molecule has 2 N–H and O–H groups in total. The molecule has 0 amide bonds. The molecule has 1 heterocycles. The van der Waals surface area contributed by atoms with Crippen LogP contribution in [0.4, 0.5) is 0 Å². The maximum absolute atomic E-state index is 12.2. The molecule has 2 aromatic carbocycles. The first-order valence-corrected chi connectivity index (χ1v) is 6.52. The summed E-state index contributed by atoms with van der Waals surface area (Å²) in [5.74, 6) is 0.639. The van der Waals surface area contributed by atoms with Gasteiger partial charge in [-0.1, -0.05) is 29.5 Å². The molecule has 6 nitrogen and oxygen atoms in total. The molecule has 0 unspecified atom stereocenters.